The monoisotopic (exact) mass is 419 g/mol. The van der Waals surface area contributed by atoms with E-state index in [-0.39, 0.29) is 12.5 Å². The zero-order valence-electron chi connectivity index (χ0n) is 16.7. The summed E-state index contributed by atoms with van der Waals surface area (Å²) in [6, 6.07) is 21.6. The van der Waals surface area contributed by atoms with E-state index in [2.05, 4.69) is 15.5 Å². The summed E-state index contributed by atoms with van der Waals surface area (Å²) in [5.41, 5.74) is 1.87. The molecule has 30 heavy (non-hydrogen) atoms. The van der Waals surface area contributed by atoms with E-state index in [9.17, 15) is 4.79 Å². The van der Waals surface area contributed by atoms with Crippen molar-refractivity contribution >= 4 is 34.1 Å². The summed E-state index contributed by atoms with van der Waals surface area (Å²) >= 11 is 1.21. The van der Waals surface area contributed by atoms with Gasteiger partial charge in [-0.3, -0.25) is 4.79 Å². The lowest BCUT2D eigenvalue weighted by Crippen LogP contribution is -2.22. The third kappa shape index (κ3) is 4.99. The van der Waals surface area contributed by atoms with Crippen molar-refractivity contribution in [2.24, 2.45) is 0 Å². The molecule has 0 saturated heterocycles. The fourth-order valence-electron chi connectivity index (χ4n) is 2.91. The third-order valence-corrected chi connectivity index (χ3v) is 5.40. The molecule has 7 heteroatoms. The number of hydrogen-bond donors (Lipinski definition) is 1. The lowest BCUT2D eigenvalue weighted by atomic mass is 10.1. The Kier molecular flexibility index (Phi) is 5.99. The predicted octanol–water partition coefficient (Wildman–Crippen LogP) is 5.23. The third-order valence-electron chi connectivity index (χ3n) is 4.46. The number of nitrogens with zero attached hydrogens (tertiary/aromatic N) is 2. The van der Waals surface area contributed by atoms with Gasteiger partial charge in [0.1, 0.15) is 5.75 Å². The Hall–Kier alpha value is -3.32. The van der Waals surface area contributed by atoms with Crippen LogP contribution in [0.15, 0.2) is 76.4 Å². The number of nitrogens with one attached hydrogen (secondary N) is 1. The standard InChI is InChI=1S/C23H21N3O3S/c1-15-6-5-9-20(12-15)28-14-21-25-26-23(29-21)30-16(2)22(27)24-19-11-10-17-7-3-4-8-18(17)13-19/h3-13,16H,14H2,1-2H3,(H,24,27)/t16-/m1/s1. The van der Waals surface area contributed by atoms with Gasteiger partial charge in [-0.1, -0.05) is 54.2 Å². The van der Waals surface area contributed by atoms with Crippen LogP contribution in [0.4, 0.5) is 5.69 Å². The SMILES string of the molecule is Cc1cccc(OCc2nnc(S[C@H](C)C(=O)Nc3ccc4ccccc4c3)o2)c1. The fourth-order valence-corrected chi connectivity index (χ4v) is 3.61. The van der Waals surface area contributed by atoms with Gasteiger partial charge in [0.25, 0.3) is 11.1 Å². The molecule has 1 atom stereocenters. The zero-order chi connectivity index (χ0) is 20.9. The number of ether oxygens (including phenoxy) is 1. The first-order valence-electron chi connectivity index (χ1n) is 9.55. The molecule has 1 amide bonds. The van der Waals surface area contributed by atoms with E-state index in [1.807, 2.05) is 73.7 Å². The normalized spacial score (nSPS) is 11.9. The van der Waals surface area contributed by atoms with E-state index in [1.54, 1.807) is 6.92 Å². The minimum absolute atomic E-state index is 0.133. The second kappa shape index (κ2) is 9.00. The van der Waals surface area contributed by atoms with Gasteiger partial charge >= 0.3 is 0 Å². The van der Waals surface area contributed by atoms with Gasteiger partial charge in [-0.2, -0.15) is 0 Å². The Morgan fingerprint density at radius 2 is 1.90 bits per heavy atom. The minimum Gasteiger partial charge on any atom is -0.484 e. The van der Waals surface area contributed by atoms with Gasteiger partial charge < -0.3 is 14.5 Å². The number of carbonyl (C=O) groups is 1. The Balaban J connectivity index is 1.32. The summed E-state index contributed by atoms with van der Waals surface area (Å²) in [6.45, 7) is 3.97. The number of aromatic nitrogens is 2. The molecular weight excluding hydrogens is 398 g/mol. The quantitative estimate of drug-likeness (QED) is 0.413. The van der Waals surface area contributed by atoms with Crippen LogP contribution in [0.1, 0.15) is 18.4 Å². The Labute approximate surface area is 178 Å². The Bertz CT molecular complexity index is 1180. The molecule has 0 spiro atoms. The molecular formula is C23H21N3O3S. The van der Waals surface area contributed by atoms with Crippen LogP contribution in [0.3, 0.4) is 0 Å². The molecule has 1 N–H and O–H groups in total. The molecule has 4 rings (SSSR count). The van der Waals surface area contributed by atoms with Gasteiger partial charge in [0.15, 0.2) is 6.61 Å². The van der Waals surface area contributed by atoms with E-state index in [4.69, 9.17) is 9.15 Å². The summed E-state index contributed by atoms with van der Waals surface area (Å²) in [4.78, 5) is 12.6. The molecule has 0 radical (unpaired) electrons. The highest BCUT2D eigenvalue weighted by molar-refractivity contribution is 8.00. The van der Waals surface area contributed by atoms with E-state index in [1.165, 1.54) is 11.8 Å². The molecule has 4 aromatic rings. The molecule has 0 bridgehead atoms. The first kappa shape index (κ1) is 20.0. The molecule has 0 aliphatic rings. The molecule has 1 aromatic heterocycles. The van der Waals surface area contributed by atoms with Crippen molar-refractivity contribution < 1.29 is 13.9 Å². The molecule has 1 heterocycles. The highest BCUT2D eigenvalue weighted by Gasteiger charge is 2.19. The number of aryl methyl sites for hydroxylation is 1. The van der Waals surface area contributed by atoms with E-state index in [0.717, 1.165) is 27.8 Å². The maximum absolute atomic E-state index is 12.6. The second-order valence-electron chi connectivity index (χ2n) is 6.88. The summed E-state index contributed by atoms with van der Waals surface area (Å²) in [6.07, 6.45) is 0. The summed E-state index contributed by atoms with van der Waals surface area (Å²) < 4.78 is 11.3. The number of hydrogen-bond acceptors (Lipinski definition) is 6. The van der Waals surface area contributed by atoms with Crippen LogP contribution in [0.25, 0.3) is 10.8 Å². The van der Waals surface area contributed by atoms with E-state index < -0.39 is 5.25 Å². The largest absolute Gasteiger partial charge is 0.484 e. The van der Waals surface area contributed by atoms with Crippen molar-refractivity contribution in [3.8, 4) is 5.75 Å². The molecule has 3 aromatic carbocycles. The van der Waals surface area contributed by atoms with Gasteiger partial charge in [-0.15, -0.1) is 10.2 Å². The predicted molar refractivity (Wildman–Crippen MR) is 118 cm³/mol. The Morgan fingerprint density at radius 1 is 1.07 bits per heavy atom. The first-order valence-corrected chi connectivity index (χ1v) is 10.4. The highest BCUT2D eigenvalue weighted by Crippen LogP contribution is 2.25. The van der Waals surface area contributed by atoms with Gasteiger partial charge in [-0.25, -0.2) is 0 Å². The summed E-state index contributed by atoms with van der Waals surface area (Å²) in [5, 5.41) is 13.1. The smallest absolute Gasteiger partial charge is 0.277 e. The topological polar surface area (TPSA) is 77.2 Å². The van der Waals surface area contributed by atoms with Crippen molar-refractivity contribution in [1.29, 1.82) is 0 Å². The van der Waals surface area contributed by atoms with E-state index >= 15 is 0 Å². The molecule has 0 aliphatic heterocycles. The number of rotatable bonds is 7. The Morgan fingerprint density at radius 3 is 2.73 bits per heavy atom. The van der Waals surface area contributed by atoms with Gasteiger partial charge in [0.05, 0.1) is 5.25 Å². The molecule has 6 nitrogen and oxygen atoms in total. The second-order valence-corrected chi connectivity index (χ2v) is 8.17. The van der Waals surface area contributed by atoms with Crippen LogP contribution in [-0.4, -0.2) is 21.4 Å². The van der Waals surface area contributed by atoms with Crippen molar-refractivity contribution in [2.45, 2.75) is 30.9 Å². The first-order chi connectivity index (χ1) is 14.6. The number of thioether (sulfide) groups is 1. The van der Waals surface area contributed by atoms with Crippen LogP contribution in [-0.2, 0) is 11.4 Å². The number of carbonyl (C=O) groups excluding carboxylic acids is 1. The minimum atomic E-state index is -0.400. The van der Waals surface area contributed by atoms with Crippen molar-refractivity contribution in [3.05, 3.63) is 78.2 Å². The maximum atomic E-state index is 12.6. The number of benzene rings is 3. The molecule has 0 saturated carbocycles. The molecule has 0 unspecified atom stereocenters. The van der Waals surface area contributed by atoms with Crippen LogP contribution in [0.5, 0.6) is 5.75 Å². The number of fused-ring (bicyclic) bond motifs is 1. The average molecular weight is 420 g/mol. The molecule has 152 valence electrons. The van der Waals surface area contributed by atoms with Crippen molar-refractivity contribution in [3.63, 3.8) is 0 Å². The van der Waals surface area contributed by atoms with Gasteiger partial charge in [0.2, 0.25) is 5.91 Å². The van der Waals surface area contributed by atoms with Crippen LogP contribution in [0.2, 0.25) is 0 Å². The summed E-state index contributed by atoms with van der Waals surface area (Å²) in [5.74, 6) is 0.970. The van der Waals surface area contributed by atoms with Gasteiger partial charge in [-0.05, 0) is 54.4 Å². The average Bonchev–Trinajstić information content (AvgIpc) is 3.19. The zero-order valence-corrected chi connectivity index (χ0v) is 17.5. The lowest BCUT2D eigenvalue weighted by Gasteiger charge is -2.10. The van der Waals surface area contributed by atoms with Crippen molar-refractivity contribution in [1.82, 2.24) is 10.2 Å². The van der Waals surface area contributed by atoms with Crippen LogP contribution < -0.4 is 10.1 Å². The van der Waals surface area contributed by atoms with Crippen molar-refractivity contribution in [2.75, 3.05) is 5.32 Å². The van der Waals surface area contributed by atoms with Crippen LogP contribution in [0, 0.1) is 6.92 Å². The molecule has 0 aliphatic carbocycles. The van der Waals surface area contributed by atoms with Gasteiger partial charge in [0, 0.05) is 5.69 Å². The maximum Gasteiger partial charge on any atom is 0.277 e. The number of anilines is 1. The van der Waals surface area contributed by atoms with E-state index in [0.29, 0.717) is 11.1 Å². The number of amides is 1. The highest BCUT2D eigenvalue weighted by atomic mass is 32.2. The molecule has 0 fully saturated rings. The fraction of sp³-hybridized carbons (Fsp3) is 0.174. The van der Waals surface area contributed by atoms with Crippen LogP contribution >= 0.6 is 11.8 Å². The summed E-state index contributed by atoms with van der Waals surface area (Å²) in [7, 11) is 0. The lowest BCUT2D eigenvalue weighted by molar-refractivity contribution is -0.115.